The van der Waals surface area contributed by atoms with E-state index in [0.717, 1.165) is 0 Å². The Morgan fingerprint density at radius 2 is 2.16 bits per heavy atom. The van der Waals surface area contributed by atoms with E-state index in [-0.39, 0.29) is 5.84 Å². The molecule has 0 spiro atoms. The van der Waals surface area contributed by atoms with Gasteiger partial charge in [0.05, 0.1) is 15.7 Å². The number of rotatable bonds is 3. The fraction of sp³-hybridized carbons (Fsp3) is 0. The number of oxime groups is 1. The van der Waals surface area contributed by atoms with Gasteiger partial charge in [0.2, 0.25) is 0 Å². The van der Waals surface area contributed by atoms with E-state index >= 15 is 0 Å². The van der Waals surface area contributed by atoms with Crippen LogP contribution in [0.1, 0.15) is 5.56 Å². The summed E-state index contributed by atoms with van der Waals surface area (Å²) in [6.07, 6.45) is 3.07. The molecule has 5 nitrogen and oxygen atoms in total. The van der Waals surface area contributed by atoms with Gasteiger partial charge in [-0.25, -0.2) is 0 Å². The molecule has 2 aromatic rings. The smallest absolute Gasteiger partial charge is 0.170 e. The molecule has 0 radical (unpaired) electrons. The highest BCUT2D eigenvalue weighted by molar-refractivity contribution is 9.10. The summed E-state index contributed by atoms with van der Waals surface area (Å²) in [5.74, 6) is 1.11. The monoisotopic (exact) mass is 341 g/mol. The molecule has 1 heterocycles. The molecule has 0 aliphatic heterocycles. The molecule has 0 aliphatic rings. The Labute approximate surface area is 122 Å². The van der Waals surface area contributed by atoms with Gasteiger partial charge in [0.15, 0.2) is 5.84 Å². The van der Waals surface area contributed by atoms with E-state index in [1.54, 1.807) is 30.5 Å². The van der Waals surface area contributed by atoms with E-state index in [0.29, 0.717) is 26.6 Å². The van der Waals surface area contributed by atoms with Gasteiger partial charge in [-0.05, 0) is 34.1 Å². The largest absolute Gasteiger partial charge is 0.455 e. The zero-order valence-corrected chi connectivity index (χ0v) is 11.9. The van der Waals surface area contributed by atoms with Crippen LogP contribution in [0.5, 0.6) is 11.5 Å². The van der Waals surface area contributed by atoms with Crippen molar-refractivity contribution in [2.45, 2.75) is 0 Å². The minimum atomic E-state index is 0.0247. The molecule has 0 atom stereocenters. The topological polar surface area (TPSA) is 80.7 Å². The second-order valence-electron chi connectivity index (χ2n) is 3.57. The molecular formula is C12H9BrClN3O2. The van der Waals surface area contributed by atoms with Crippen molar-refractivity contribution in [2.75, 3.05) is 0 Å². The number of pyridine rings is 1. The van der Waals surface area contributed by atoms with Crippen LogP contribution < -0.4 is 10.5 Å². The van der Waals surface area contributed by atoms with Crippen LogP contribution in [0.15, 0.2) is 46.3 Å². The summed E-state index contributed by atoms with van der Waals surface area (Å²) >= 11 is 9.17. The van der Waals surface area contributed by atoms with Crippen LogP contribution >= 0.6 is 27.5 Å². The minimum absolute atomic E-state index is 0.0247. The van der Waals surface area contributed by atoms with E-state index in [1.165, 1.54) is 6.20 Å². The van der Waals surface area contributed by atoms with Crippen molar-refractivity contribution in [3.8, 4) is 11.5 Å². The quantitative estimate of drug-likeness (QED) is 0.388. The molecule has 0 aliphatic carbocycles. The lowest BCUT2D eigenvalue weighted by Crippen LogP contribution is -2.12. The number of hydrogen-bond donors (Lipinski definition) is 2. The first-order chi connectivity index (χ1) is 9.10. The summed E-state index contributed by atoms with van der Waals surface area (Å²) in [5, 5.41) is 12.0. The maximum absolute atomic E-state index is 8.61. The maximum atomic E-state index is 8.61. The first-order valence-corrected chi connectivity index (χ1v) is 6.33. The number of amidine groups is 1. The van der Waals surface area contributed by atoms with Gasteiger partial charge >= 0.3 is 0 Å². The minimum Gasteiger partial charge on any atom is -0.455 e. The first kappa shape index (κ1) is 13.6. The van der Waals surface area contributed by atoms with Gasteiger partial charge in [-0.2, -0.15) is 0 Å². The lowest BCUT2D eigenvalue weighted by atomic mass is 10.2. The number of nitrogens with zero attached hydrogens (tertiary/aromatic N) is 2. The fourth-order valence-corrected chi connectivity index (χ4v) is 2.00. The van der Waals surface area contributed by atoms with Crippen LogP contribution in [0.3, 0.4) is 0 Å². The average Bonchev–Trinajstić information content (AvgIpc) is 2.40. The third-order valence-corrected chi connectivity index (χ3v) is 3.07. The molecule has 1 aromatic heterocycles. The Balaban J connectivity index is 2.27. The van der Waals surface area contributed by atoms with Crippen molar-refractivity contribution in [2.24, 2.45) is 10.9 Å². The van der Waals surface area contributed by atoms with E-state index in [2.05, 4.69) is 26.1 Å². The second-order valence-corrected chi connectivity index (χ2v) is 4.86. The predicted molar refractivity (Wildman–Crippen MR) is 76.0 cm³/mol. The highest BCUT2D eigenvalue weighted by atomic mass is 79.9. The summed E-state index contributed by atoms with van der Waals surface area (Å²) < 4.78 is 6.28. The number of halogens is 2. The molecule has 0 bridgehead atoms. The number of hydrogen-bond acceptors (Lipinski definition) is 4. The molecule has 0 saturated carbocycles. The lowest BCUT2D eigenvalue weighted by Gasteiger charge is -2.08. The highest BCUT2D eigenvalue weighted by Gasteiger charge is 2.07. The van der Waals surface area contributed by atoms with Gasteiger partial charge in [0, 0.05) is 17.8 Å². The number of aromatic nitrogens is 1. The molecule has 3 N–H and O–H groups in total. The van der Waals surface area contributed by atoms with E-state index in [9.17, 15) is 0 Å². The van der Waals surface area contributed by atoms with Crippen LogP contribution in [0, 0.1) is 0 Å². The Hall–Kier alpha value is -1.79. The lowest BCUT2D eigenvalue weighted by molar-refractivity contribution is 0.318. The zero-order chi connectivity index (χ0) is 13.8. The maximum Gasteiger partial charge on any atom is 0.170 e. The van der Waals surface area contributed by atoms with Crippen LogP contribution in [0.4, 0.5) is 0 Å². The Bertz CT molecular complexity index is 634. The predicted octanol–water partition coefficient (Wildman–Crippen LogP) is 3.38. The van der Waals surface area contributed by atoms with Crippen LogP contribution in [0.2, 0.25) is 5.02 Å². The average molecular weight is 343 g/mol. The normalized spacial score (nSPS) is 11.4. The van der Waals surface area contributed by atoms with Gasteiger partial charge in [-0.1, -0.05) is 16.8 Å². The van der Waals surface area contributed by atoms with Gasteiger partial charge < -0.3 is 15.7 Å². The molecule has 7 heteroatoms. The van der Waals surface area contributed by atoms with Crippen molar-refractivity contribution in [1.29, 1.82) is 0 Å². The molecule has 0 amide bonds. The third-order valence-electron chi connectivity index (χ3n) is 2.24. The molecular weight excluding hydrogens is 334 g/mol. The summed E-state index contributed by atoms with van der Waals surface area (Å²) in [4.78, 5) is 3.92. The van der Waals surface area contributed by atoms with Gasteiger partial charge in [-0.15, -0.1) is 0 Å². The van der Waals surface area contributed by atoms with Crippen molar-refractivity contribution >= 4 is 33.4 Å². The van der Waals surface area contributed by atoms with Gasteiger partial charge in [0.1, 0.15) is 11.5 Å². The second kappa shape index (κ2) is 5.90. The molecule has 0 saturated heterocycles. The van der Waals surface area contributed by atoms with Crippen molar-refractivity contribution in [1.82, 2.24) is 4.98 Å². The molecule has 0 fully saturated rings. The van der Waals surface area contributed by atoms with E-state index < -0.39 is 0 Å². The Morgan fingerprint density at radius 3 is 2.79 bits per heavy atom. The van der Waals surface area contributed by atoms with Gasteiger partial charge in [0.25, 0.3) is 0 Å². The van der Waals surface area contributed by atoms with Crippen molar-refractivity contribution < 1.29 is 9.94 Å². The molecule has 19 heavy (non-hydrogen) atoms. The molecule has 2 rings (SSSR count). The van der Waals surface area contributed by atoms with Crippen LogP contribution in [-0.2, 0) is 0 Å². The number of nitrogens with two attached hydrogens (primary N) is 1. The SMILES string of the molecule is N/C(=N/O)c1ccc(Oc2cncc(Cl)c2)c(Br)c1. The summed E-state index contributed by atoms with van der Waals surface area (Å²) in [5.41, 5.74) is 6.07. The Kier molecular flexibility index (Phi) is 4.24. The van der Waals surface area contributed by atoms with Crippen molar-refractivity contribution in [3.63, 3.8) is 0 Å². The van der Waals surface area contributed by atoms with E-state index in [1.807, 2.05) is 0 Å². The summed E-state index contributed by atoms with van der Waals surface area (Å²) in [6, 6.07) is 6.70. The van der Waals surface area contributed by atoms with Crippen LogP contribution in [-0.4, -0.2) is 16.0 Å². The number of ether oxygens (including phenoxy) is 1. The zero-order valence-electron chi connectivity index (χ0n) is 9.55. The Morgan fingerprint density at radius 1 is 1.37 bits per heavy atom. The standard InChI is InChI=1S/C12H9BrClN3O2/c13-10-3-7(12(15)17-18)1-2-11(10)19-9-4-8(14)5-16-6-9/h1-6,18H,(H2,15,17). The highest BCUT2D eigenvalue weighted by Crippen LogP contribution is 2.30. The molecule has 1 aromatic carbocycles. The third kappa shape index (κ3) is 3.36. The number of benzene rings is 1. The fourth-order valence-electron chi connectivity index (χ4n) is 1.38. The van der Waals surface area contributed by atoms with Gasteiger partial charge in [-0.3, -0.25) is 4.98 Å². The molecule has 98 valence electrons. The van der Waals surface area contributed by atoms with E-state index in [4.69, 9.17) is 27.3 Å². The summed E-state index contributed by atoms with van der Waals surface area (Å²) in [6.45, 7) is 0. The first-order valence-electron chi connectivity index (χ1n) is 5.16. The summed E-state index contributed by atoms with van der Waals surface area (Å²) in [7, 11) is 0. The van der Waals surface area contributed by atoms with Crippen LogP contribution in [0.25, 0.3) is 0 Å². The molecule has 0 unspecified atom stereocenters. The van der Waals surface area contributed by atoms with Crippen molar-refractivity contribution in [3.05, 3.63) is 51.7 Å².